The molecule has 0 unspecified atom stereocenters. The maximum absolute atomic E-state index is 8.90. The predicted molar refractivity (Wildman–Crippen MR) is 48.9 cm³/mol. The summed E-state index contributed by atoms with van der Waals surface area (Å²) in [5, 5.41) is 12.4. The molecule has 70 valence electrons. The van der Waals surface area contributed by atoms with Crippen LogP contribution in [-0.4, -0.2) is 23.8 Å². The molecule has 0 heterocycles. The van der Waals surface area contributed by atoms with Crippen LogP contribution in [-0.2, 0) is 0 Å². The lowest BCUT2D eigenvalue weighted by atomic mass is 9.95. The first-order chi connectivity index (χ1) is 5.79. The molecular formula is C10H19NO. The van der Waals surface area contributed by atoms with Gasteiger partial charge >= 0.3 is 0 Å². The van der Waals surface area contributed by atoms with Gasteiger partial charge in [0.05, 0.1) is 6.61 Å². The largest absolute Gasteiger partial charge is 0.395 e. The second kappa shape index (κ2) is 3.35. The van der Waals surface area contributed by atoms with E-state index in [0.29, 0.717) is 6.04 Å². The van der Waals surface area contributed by atoms with Crippen LogP contribution in [0.4, 0.5) is 0 Å². The lowest BCUT2D eigenvalue weighted by Crippen LogP contribution is -2.41. The molecule has 0 aromatic heterocycles. The van der Waals surface area contributed by atoms with Crippen molar-refractivity contribution in [3.05, 3.63) is 0 Å². The predicted octanol–water partition coefficient (Wildman–Crippen LogP) is 1.15. The van der Waals surface area contributed by atoms with Crippen molar-refractivity contribution in [3.63, 3.8) is 0 Å². The number of aliphatic hydroxyl groups excluding tert-OH is 1. The maximum Gasteiger partial charge on any atom is 0.0582 e. The van der Waals surface area contributed by atoms with E-state index >= 15 is 0 Å². The molecule has 12 heavy (non-hydrogen) atoms. The van der Waals surface area contributed by atoms with Gasteiger partial charge in [0, 0.05) is 12.1 Å². The molecule has 4 atom stereocenters. The number of rotatable bonds is 3. The van der Waals surface area contributed by atoms with Crippen LogP contribution >= 0.6 is 0 Å². The molecule has 0 aliphatic heterocycles. The Morgan fingerprint density at radius 3 is 2.75 bits per heavy atom. The van der Waals surface area contributed by atoms with E-state index in [1.165, 1.54) is 25.7 Å². The van der Waals surface area contributed by atoms with Gasteiger partial charge in [0.15, 0.2) is 0 Å². The summed E-state index contributed by atoms with van der Waals surface area (Å²) in [5.41, 5.74) is 0. The summed E-state index contributed by atoms with van der Waals surface area (Å²) in [6.45, 7) is 2.33. The first kappa shape index (κ1) is 8.52. The molecule has 0 aromatic carbocycles. The van der Waals surface area contributed by atoms with Crippen LogP contribution in [0.1, 0.15) is 32.6 Å². The van der Waals surface area contributed by atoms with Crippen LogP contribution in [0.25, 0.3) is 0 Å². The highest BCUT2D eigenvalue weighted by molar-refractivity contribution is 4.94. The Hall–Kier alpha value is -0.0800. The molecule has 2 aliphatic carbocycles. The van der Waals surface area contributed by atoms with Crippen molar-refractivity contribution >= 4 is 0 Å². The molecule has 2 fully saturated rings. The molecule has 0 amide bonds. The minimum Gasteiger partial charge on any atom is -0.395 e. The van der Waals surface area contributed by atoms with Gasteiger partial charge in [-0.3, -0.25) is 0 Å². The van der Waals surface area contributed by atoms with E-state index in [0.717, 1.165) is 11.8 Å². The van der Waals surface area contributed by atoms with E-state index in [4.69, 9.17) is 5.11 Å². The van der Waals surface area contributed by atoms with E-state index in [1.807, 2.05) is 0 Å². The van der Waals surface area contributed by atoms with Crippen molar-refractivity contribution in [1.82, 2.24) is 5.32 Å². The Labute approximate surface area is 74.4 Å². The zero-order chi connectivity index (χ0) is 8.55. The van der Waals surface area contributed by atoms with Crippen molar-refractivity contribution in [3.8, 4) is 0 Å². The third-order valence-corrected chi connectivity index (χ3v) is 3.51. The second-order valence-electron chi connectivity index (χ2n) is 4.53. The molecule has 2 bridgehead atoms. The van der Waals surface area contributed by atoms with Gasteiger partial charge in [-0.15, -0.1) is 0 Å². The minimum atomic E-state index is 0.272. The normalized spacial score (nSPS) is 42.0. The molecule has 0 saturated heterocycles. The number of hydrogen-bond donors (Lipinski definition) is 2. The summed E-state index contributed by atoms with van der Waals surface area (Å²) in [7, 11) is 0. The number of hydrogen-bond acceptors (Lipinski definition) is 2. The first-order valence-electron chi connectivity index (χ1n) is 5.16. The third-order valence-electron chi connectivity index (χ3n) is 3.51. The van der Waals surface area contributed by atoms with Crippen molar-refractivity contribution in [1.29, 1.82) is 0 Å². The molecule has 2 nitrogen and oxygen atoms in total. The van der Waals surface area contributed by atoms with Gasteiger partial charge in [0.2, 0.25) is 0 Å². The summed E-state index contributed by atoms with van der Waals surface area (Å²) < 4.78 is 0. The summed E-state index contributed by atoms with van der Waals surface area (Å²) in [5.74, 6) is 1.92. The van der Waals surface area contributed by atoms with Gasteiger partial charge in [-0.05, 0) is 38.0 Å². The lowest BCUT2D eigenvalue weighted by Gasteiger charge is -2.25. The SMILES string of the molecule is C[C@@H](CO)N[C@H]1C[C@H]2CC[C@H]1C2. The second-order valence-corrected chi connectivity index (χ2v) is 4.53. The van der Waals surface area contributed by atoms with Crippen LogP contribution in [0, 0.1) is 11.8 Å². The van der Waals surface area contributed by atoms with Gasteiger partial charge < -0.3 is 10.4 Å². The zero-order valence-corrected chi connectivity index (χ0v) is 7.79. The van der Waals surface area contributed by atoms with Gasteiger partial charge in [-0.2, -0.15) is 0 Å². The van der Waals surface area contributed by atoms with E-state index in [1.54, 1.807) is 0 Å². The Morgan fingerprint density at radius 2 is 2.25 bits per heavy atom. The fourth-order valence-corrected chi connectivity index (χ4v) is 2.87. The fourth-order valence-electron chi connectivity index (χ4n) is 2.87. The van der Waals surface area contributed by atoms with Crippen molar-refractivity contribution < 1.29 is 5.11 Å². The van der Waals surface area contributed by atoms with Crippen LogP contribution in [0.5, 0.6) is 0 Å². The van der Waals surface area contributed by atoms with Gasteiger partial charge in [-0.25, -0.2) is 0 Å². The van der Waals surface area contributed by atoms with E-state index in [9.17, 15) is 0 Å². The average Bonchev–Trinajstić information content (AvgIpc) is 2.64. The summed E-state index contributed by atoms with van der Waals surface area (Å²) in [6.07, 6.45) is 5.67. The maximum atomic E-state index is 8.90. The topological polar surface area (TPSA) is 32.3 Å². The molecule has 2 N–H and O–H groups in total. The van der Waals surface area contributed by atoms with Crippen molar-refractivity contribution in [2.45, 2.75) is 44.7 Å². The first-order valence-corrected chi connectivity index (χ1v) is 5.16. The highest BCUT2D eigenvalue weighted by Gasteiger charge is 2.39. The Bertz CT molecular complexity index is 160. The number of fused-ring (bicyclic) bond motifs is 2. The van der Waals surface area contributed by atoms with Gasteiger partial charge in [0.1, 0.15) is 0 Å². The molecule has 2 heteroatoms. The Morgan fingerprint density at radius 1 is 1.42 bits per heavy atom. The van der Waals surface area contributed by atoms with Crippen LogP contribution in [0.2, 0.25) is 0 Å². The van der Waals surface area contributed by atoms with Crippen molar-refractivity contribution in [2.24, 2.45) is 11.8 Å². The molecule has 2 saturated carbocycles. The highest BCUT2D eigenvalue weighted by Crippen LogP contribution is 2.44. The molecule has 0 aromatic rings. The quantitative estimate of drug-likeness (QED) is 0.664. The van der Waals surface area contributed by atoms with Gasteiger partial charge in [-0.1, -0.05) is 6.42 Å². The summed E-state index contributed by atoms with van der Waals surface area (Å²) >= 11 is 0. The Kier molecular flexibility index (Phi) is 2.37. The van der Waals surface area contributed by atoms with E-state index in [2.05, 4.69) is 12.2 Å². The molecule has 0 radical (unpaired) electrons. The molecule has 0 spiro atoms. The monoisotopic (exact) mass is 169 g/mol. The van der Waals surface area contributed by atoms with Crippen LogP contribution in [0.3, 0.4) is 0 Å². The number of nitrogens with one attached hydrogen (secondary N) is 1. The highest BCUT2D eigenvalue weighted by atomic mass is 16.3. The average molecular weight is 169 g/mol. The smallest absolute Gasteiger partial charge is 0.0582 e. The lowest BCUT2D eigenvalue weighted by molar-refractivity contribution is 0.223. The van der Waals surface area contributed by atoms with Crippen LogP contribution in [0.15, 0.2) is 0 Å². The summed E-state index contributed by atoms with van der Waals surface area (Å²) in [6, 6.07) is 1.00. The minimum absolute atomic E-state index is 0.272. The fraction of sp³-hybridized carbons (Fsp3) is 1.00. The van der Waals surface area contributed by atoms with Crippen LogP contribution < -0.4 is 5.32 Å². The number of aliphatic hydroxyl groups is 1. The van der Waals surface area contributed by atoms with E-state index in [-0.39, 0.29) is 12.6 Å². The zero-order valence-electron chi connectivity index (χ0n) is 7.79. The Balaban J connectivity index is 1.82. The molecule has 2 aliphatic rings. The van der Waals surface area contributed by atoms with E-state index < -0.39 is 0 Å². The summed E-state index contributed by atoms with van der Waals surface area (Å²) in [4.78, 5) is 0. The standard InChI is InChI=1S/C10H19NO/c1-7(6-12)11-10-5-8-2-3-9(10)4-8/h7-12H,2-6H2,1H3/t7-,8-,9-,10-/m0/s1. The van der Waals surface area contributed by atoms with Gasteiger partial charge in [0.25, 0.3) is 0 Å². The molecular weight excluding hydrogens is 150 g/mol. The third kappa shape index (κ3) is 1.50. The molecule has 2 rings (SSSR count). The van der Waals surface area contributed by atoms with Crippen molar-refractivity contribution in [2.75, 3.05) is 6.61 Å².